The Bertz CT molecular complexity index is 326. The van der Waals surface area contributed by atoms with Crippen molar-refractivity contribution in [2.45, 2.75) is 19.4 Å². The van der Waals surface area contributed by atoms with Crippen LogP contribution in [0.4, 0.5) is 0 Å². The molecule has 0 radical (unpaired) electrons. The van der Waals surface area contributed by atoms with Gasteiger partial charge in [-0.1, -0.05) is 12.1 Å². The molecule has 0 aliphatic carbocycles. The van der Waals surface area contributed by atoms with Gasteiger partial charge in [-0.3, -0.25) is 0 Å². The van der Waals surface area contributed by atoms with Crippen LogP contribution in [0.15, 0.2) is 18.2 Å². The predicted octanol–water partition coefficient (Wildman–Crippen LogP) is 1.87. The van der Waals surface area contributed by atoms with Crippen LogP contribution in [0.2, 0.25) is 0 Å². The van der Waals surface area contributed by atoms with Crippen LogP contribution in [0.3, 0.4) is 0 Å². The molecule has 16 heavy (non-hydrogen) atoms. The molecule has 0 aliphatic heterocycles. The molecule has 0 bridgehead atoms. The van der Waals surface area contributed by atoms with Gasteiger partial charge < -0.3 is 15.4 Å². The predicted molar refractivity (Wildman–Crippen MR) is 68.1 cm³/mol. The topological polar surface area (TPSA) is 33.3 Å². The van der Waals surface area contributed by atoms with Crippen LogP contribution in [0.25, 0.3) is 0 Å². The lowest BCUT2D eigenvalue weighted by molar-refractivity contribution is 0.411. The Kier molecular flexibility index (Phi) is 5.29. The van der Waals surface area contributed by atoms with Gasteiger partial charge in [0.25, 0.3) is 0 Å². The maximum atomic E-state index is 5.26. The minimum atomic E-state index is 0.400. The van der Waals surface area contributed by atoms with Crippen LogP contribution in [0.1, 0.15) is 23.6 Å². The lowest BCUT2D eigenvalue weighted by atomic mass is 10.0. The Morgan fingerprint density at radius 2 is 2.06 bits per heavy atom. The molecule has 2 N–H and O–H groups in total. The zero-order valence-electron chi connectivity index (χ0n) is 10.6. The monoisotopic (exact) mass is 222 g/mol. The molecule has 3 heteroatoms. The number of hydrogen-bond acceptors (Lipinski definition) is 3. The number of methoxy groups -OCH3 is 1. The van der Waals surface area contributed by atoms with E-state index in [1.54, 1.807) is 7.11 Å². The zero-order valence-corrected chi connectivity index (χ0v) is 10.6. The SMILES string of the molecule is CNCCC(NC)c1ccc(OC)c(C)c1. The van der Waals surface area contributed by atoms with Gasteiger partial charge in [0, 0.05) is 6.04 Å². The molecule has 0 saturated carbocycles. The van der Waals surface area contributed by atoms with Crippen molar-refractivity contribution < 1.29 is 4.74 Å². The zero-order chi connectivity index (χ0) is 12.0. The summed E-state index contributed by atoms with van der Waals surface area (Å²) in [5, 5.41) is 6.51. The summed E-state index contributed by atoms with van der Waals surface area (Å²) in [5.74, 6) is 0.951. The number of rotatable bonds is 6. The van der Waals surface area contributed by atoms with Crippen LogP contribution in [0, 0.1) is 6.92 Å². The minimum absolute atomic E-state index is 0.400. The van der Waals surface area contributed by atoms with Crippen molar-refractivity contribution in [2.24, 2.45) is 0 Å². The van der Waals surface area contributed by atoms with Crippen LogP contribution in [-0.2, 0) is 0 Å². The molecule has 0 saturated heterocycles. The van der Waals surface area contributed by atoms with Crippen molar-refractivity contribution in [3.05, 3.63) is 29.3 Å². The van der Waals surface area contributed by atoms with Crippen molar-refractivity contribution in [2.75, 3.05) is 27.7 Å². The lowest BCUT2D eigenvalue weighted by Crippen LogP contribution is -2.21. The highest BCUT2D eigenvalue weighted by atomic mass is 16.5. The maximum Gasteiger partial charge on any atom is 0.121 e. The summed E-state index contributed by atoms with van der Waals surface area (Å²) in [7, 11) is 5.68. The smallest absolute Gasteiger partial charge is 0.121 e. The van der Waals surface area contributed by atoms with Gasteiger partial charge in [-0.15, -0.1) is 0 Å². The van der Waals surface area contributed by atoms with E-state index in [0.29, 0.717) is 6.04 Å². The van der Waals surface area contributed by atoms with Crippen molar-refractivity contribution in [1.29, 1.82) is 0 Å². The summed E-state index contributed by atoms with van der Waals surface area (Å²) in [6, 6.07) is 6.75. The quantitative estimate of drug-likeness (QED) is 0.771. The largest absolute Gasteiger partial charge is 0.496 e. The second-order valence-corrected chi connectivity index (χ2v) is 3.96. The lowest BCUT2D eigenvalue weighted by Gasteiger charge is -2.17. The molecule has 3 nitrogen and oxygen atoms in total. The minimum Gasteiger partial charge on any atom is -0.496 e. The normalized spacial score (nSPS) is 12.5. The molecule has 0 fully saturated rings. The van der Waals surface area contributed by atoms with E-state index in [-0.39, 0.29) is 0 Å². The summed E-state index contributed by atoms with van der Waals surface area (Å²) in [4.78, 5) is 0. The van der Waals surface area contributed by atoms with Crippen molar-refractivity contribution in [3.8, 4) is 5.75 Å². The molecule has 1 atom stereocenters. The molecular formula is C13H22N2O. The van der Waals surface area contributed by atoms with Gasteiger partial charge in [-0.05, 0) is 51.2 Å². The first-order chi connectivity index (χ1) is 7.72. The third-order valence-electron chi connectivity index (χ3n) is 2.85. The second-order valence-electron chi connectivity index (χ2n) is 3.96. The van der Waals surface area contributed by atoms with E-state index in [0.717, 1.165) is 18.7 Å². The highest BCUT2D eigenvalue weighted by Crippen LogP contribution is 2.23. The van der Waals surface area contributed by atoms with E-state index < -0.39 is 0 Å². The highest BCUT2D eigenvalue weighted by molar-refractivity contribution is 5.37. The van der Waals surface area contributed by atoms with Gasteiger partial charge in [0.15, 0.2) is 0 Å². The fraction of sp³-hybridized carbons (Fsp3) is 0.538. The van der Waals surface area contributed by atoms with Crippen molar-refractivity contribution in [1.82, 2.24) is 10.6 Å². The summed E-state index contributed by atoms with van der Waals surface area (Å²) in [5.41, 5.74) is 2.50. The Morgan fingerprint density at radius 1 is 1.31 bits per heavy atom. The van der Waals surface area contributed by atoms with Gasteiger partial charge >= 0.3 is 0 Å². The molecule has 1 unspecified atom stereocenters. The second kappa shape index (κ2) is 6.51. The molecule has 0 aliphatic rings. The first kappa shape index (κ1) is 13.0. The average molecular weight is 222 g/mol. The average Bonchev–Trinajstić information content (AvgIpc) is 2.30. The Hall–Kier alpha value is -1.06. The summed E-state index contributed by atoms with van der Waals surface area (Å²) in [6.07, 6.45) is 1.08. The van der Waals surface area contributed by atoms with Gasteiger partial charge in [-0.2, -0.15) is 0 Å². The van der Waals surface area contributed by atoms with E-state index >= 15 is 0 Å². The first-order valence-corrected chi connectivity index (χ1v) is 5.69. The third-order valence-corrected chi connectivity index (χ3v) is 2.85. The number of nitrogens with one attached hydrogen (secondary N) is 2. The van der Waals surface area contributed by atoms with Crippen LogP contribution < -0.4 is 15.4 Å². The van der Waals surface area contributed by atoms with Gasteiger partial charge in [-0.25, -0.2) is 0 Å². The van der Waals surface area contributed by atoms with E-state index in [9.17, 15) is 0 Å². The van der Waals surface area contributed by atoms with Crippen LogP contribution >= 0.6 is 0 Å². The molecule has 0 amide bonds. The number of hydrogen-bond donors (Lipinski definition) is 2. The Balaban J connectivity index is 2.80. The van der Waals surface area contributed by atoms with Gasteiger partial charge in [0.2, 0.25) is 0 Å². The van der Waals surface area contributed by atoms with Crippen molar-refractivity contribution >= 4 is 0 Å². The fourth-order valence-corrected chi connectivity index (χ4v) is 1.88. The van der Waals surface area contributed by atoms with Gasteiger partial charge in [0.1, 0.15) is 5.75 Å². The molecule has 0 aromatic heterocycles. The van der Waals surface area contributed by atoms with Crippen LogP contribution in [0.5, 0.6) is 5.75 Å². The maximum absolute atomic E-state index is 5.26. The number of aryl methyl sites for hydroxylation is 1. The molecule has 0 heterocycles. The summed E-state index contributed by atoms with van der Waals surface area (Å²) < 4.78 is 5.26. The van der Waals surface area contributed by atoms with E-state index in [2.05, 4.69) is 29.7 Å². The van der Waals surface area contributed by atoms with Gasteiger partial charge in [0.05, 0.1) is 7.11 Å². The number of ether oxygens (including phenoxy) is 1. The molecular weight excluding hydrogens is 200 g/mol. The Labute approximate surface area is 98.2 Å². The molecule has 1 aromatic rings. The number of benzene rings is 1. The molecule has 1 rings (SSSR count). The molecule has 1 aromatic carbocycles. The van der Waals surface area contributed by atoms with E-state index in [1.807, 2.05) is 20.2 Å². The fourth-order valence-electron chi connectivity index (χ4n) is 1.88. The summed E-state index contributed by atoms with van der Waals surface area (Å²) >= 11 is 0. The highest BCUT2D eigenvalue weighted by Gasteiger charge is 2.09. The van der Waals surface area contributed by atoms with E-state index in [4.69, 9.17) is 4.74 Å². The third kappa shape index (κ3) is 3.22. The standard InChI is InChI=1S/C13H22N2O/c1-10-9-11(5-6-13(10)16-4)12(15-3)7-8-14-2/h5-6,9,12,14-15H,7-8H2,1-4H3. The molecule has 90 valence electrons. The first-order valence-electron chi connectivity index (χ1n) is 5.69. The van der Waals surface area contributed by atoms with Crippen LogP contribution in [-0.4, -0.2) is 27.7 Å². The van der Waals surface area contributed by atoms with E-state index in [1.165, 1.54) is 11.1 Å². The molecule has 0 spiro atoms. The Morgan fingerprint density at radius 3 is 2.56 bits per heavy atom. The van der Waals surface area contributed by atoms with Crippen molar-refractivity contribution in [3.63, 3.8) is 0 Å². The summed E-state index contributed by atoms with van der Waals surface area (Å²) in [6.45, 7) is 3.09.